The van der Waals surface area contributed by atoms with Crippen molar-refractivity contribution in [1.82, 2.24) is 0 Å². The van der Waals surface area contributed by atoms with E-state index in [2.05, 4.69) is 0 Å². The van der Waals surface area contributed by atoms with Crippen LogP contribution in [0.15, 0.2) is 18.2 Å². The van der Waals surface area contributed by atoms with E-state index >= 15 is 0 Å². The van der Waals surface area contributed by atoms with E-state index in [1.807, 2.05) is 19.1 Å². The Morgan fingerprint density at radius 2 is 2.27 bits per heavy atom. The molecule has 0 heterocycles. The fourth-order valence-electron chi connectivity index (χ4n) is 1.21. The second-order valence-electron chi connectivity index (χ2n) is 3.62. The molecule has 0 saturated carbocycles. The quantitative estimate of drug-likeness (QED) is 0.735. The highest BCUT2D eigenvalue weighted by Crippen LogP contribution is 2.18. The summed E-state index contributed by atoms with van der Waals surface area (Å²) in [7, 11) is 0. The first-order valence-electron chi connectivity index (χ1n) is 4.73. The Morgan fingerprint density at radius 1 is 1.60 bits per heavy atom. The molecule has 0 bridgehead atoms. The second kappa shape index (κ2) is 4.95. The first-order chi connectivity index (χ1) is 7.04. The minimum Gasteiger partial charge on any atom is -0.294 e. The molecule has 1 aromatic rings. The van der Waals surface area contributed by atoms with Crippen LogP contribution in [-0.4, -0.2) is 5.78 Å². The van der Waals surface area contributed by atoms with Gasteiger partial charge in [0.25, 0.3) is 0 Å². The molecule has 0 amide bonds. The van der Waals surface area contributed by atoms with Crippen LogP contribution in [0.25, 0.3) is 0 Å². The Kier molecular flexibility index (Phi) is 3.88. The van der Waals surface area contributed by atoms with Crippen LogP contribution in [0.1, 0.15) is 29.3 Å². The molecule has 0 aliphatic rings. The molecule has 0 aliphatic heterocycles. The summed E-state index contributed by atoms with van der Waals surface area (Å²) in [6.07, 6.45) is 0.246. The predicted molar refractivity (Wildman–Crippen MR) is 59.9 cm³/mol. The first kappa shape index (κ1) is 11.7. The van der Waals surface area contributed by atoms with E-state index in [9.17, 15) is 4.79 Å². The molecule has 0 saturated heterocycles. The monoisotopic (exact) mass is 221 g/mol. The lowest BCUT2D eigenvalue weighted by molar-refractivity contribution is 0.0973. The van der Waals surface area contributed by atoms with Crippen LogP contribution in [0.5, 0.6) is 0 Å². The van der Waals surface area contributed by atoms with Gasteiger partial charge in [0.2, 0.25) is 0 Å². The number of hydrogen-bond acceptors (Lipinski definition) is 2. The summed E-state index contributed by atoms with van der Waals surface area (Å²) in [6, 6.07) is 7.25. The number of ketones is 1. The van der Waals surface area contributed by atoms with Crippen molar-refractivity contribution in [3.63, 3.8) is 0 Å². The summed E-state index contributed by atoms with van der Waals surface area (Å²) in [5.41, 5.74) is 1.52. The number of rotatable bonds is 3. The third kappa shape index (κ3) is 3.07. The van der Waals surface area contributed by atoms with Crippen LogP contribution < -0.4 is 0 Å². The van der Waals surface area contributed by atoms with Crippen molar-refractivity contribution in [2.24, 2.45) is 5.92 Å². The molecule has 3 heteroatoms. The number of aryl methyl sites for hydroxylation is 1. The summed E-state index contributed by atoms with van der Waals surface area (Å²) in [5.74, 6) is -0.288. The Labute approximate surface area is 94.5 Å². The maximum absolute atomic E-state index is 11.7. The highest BCUT2D eigenvalue weighted by molar-refractivity contribution is 6.31. The SMILES string of the molecule is Cc1ccc(C(=O)CC(C)C#N)cc1Cl. The molecule has 1 rings (SSSR count). The Bertz CT molecular complexity index is 420. The van der Waals surface area contributed by atoms with Gasteiger partial charge in [-0.1, -0.05) is 23.7 Å². The van der Waals surface area contributed by atoms with Crippen molar-refractivity contribution in [3.8, 4) is 6.07 Å². The molecule has 2 nitrogen and oxygen atoms in total. The van der Waals surface area contributed by atoms with Crippen LogP contribution in [0.3, 0.4) is 0 Å². The van der Waals surface area contributed by atoms with Crippen LogP contribution >= 0.6 is 11.6 Å². The molecule has 0 radical (unpaired) electrons. The molecular weight excluding hydrogens is 210 g/mol. The topological polar surface area (TPSA) is 40.9 Å². The van der Waals surface area contributed by atoms with E-state index in [-0.39, 0.29) is 18.1 Å². The van der Waals surface area contributed by atoms with Crippen molar-refractivity contribution < 1.29 is 4.79 Å². The smallest absolute Gasteiger partial charge is 0.164 e. The van der Waals surface area contributed by atoms with Gasteiger partial charge in [0.15, 0.2) is 5.78 Å². The number of Topliss-reactive ketones (excluding diaryl/α,β-unsaturated/α-hetero) is 1. The minimum absolute atomic E-state index is 0.0362. The molecule has 78 valence electrons. The van der Waals surface area contributed by atoms with Gasteiger partial charge in [-0.25, -0.2) is 0 Å². The summed E-state index contributed by atoms with van der Waals surface area (Å²) in [4.78, 5) is 11.7. The van der Waals surface area contributed by atoms with E-state index in [1.165, 1.54) is 0 Å². The molecule has 0 aromatic heterocycles. The van der Waals surface area contributed by atoms with Crippen LogP contribution in [0, 0.1) is 24.2 Å². The van der Waals surface area contributed by atoms with Gasteiger partial charge in [-0.05, 0) is 25.5 Å². The summed E-state index contributed by atoms with van der Waals surface area (Å²) >= 11 is 5.91. The molecule has 1 aromatic carbocycles. The van der Waals surface area contributed by atoms with Crippen LogP contribution in [-0.2, 0) is 0 Å². The van der Waals surface area contributed by atoms with E-state index < -0.39 is 0 Å². The molecular formula is C12H12ClNO. The van der Waals surface area contributed by atoms with Crippen molar-refractivity contribution in [2.75, 3.05) is 0 Å². The fourth-order valence-corrected chi connectivity index (χ4v) is 1.39. The van der Waals surface area contributed by atoms with E-state index in [0.717, 1.165) is 5.56 Å². The highest BCUT2D eigenvalue weighted by Gasteiger charge is 2.11. The van der Waals surface area contributed by atoms with Gasteiger partial charge in [-0.15, -0.1) is 0 Å². The lowest BCUT2D eigenvalue weighted by Gasteiger charge is -2.04. The van der Waals surface area contributed by atoms with Gasteiger partial charge in [-0.3, -0.25) is 4.79 Å². The largest absolute Gasteiger partial charge is 0.294 e. The lowest BCUT2D eigenvalue weighted by Crippen LogP contribution is -2.04. The third-order valence-corrected chi connectivity index (χ3v) is 2.61. The van der Waals surface area contributed by atoms with Crippen molar-refractivity contribution in [2.45, 2.75) is 20.3 Å². The van der Waals surface area contributed by atoms with Crippen LogP contribution in [0.4, 0.5) is 0 Å². The van der Waals surface area contributed by atoms with E-state index in [1.54, 1.807) is 19.1 Å². The number of benzene rings is 1. The Balaban J connectivity index is 2.84. The van der Waals surface area contributed by atoms with Gasteiger partial charge in [0.1, 0.15) is 0 Å². The van der Waals surface area contributed by atoms with Gasteiger partial charge in [0.05, 0.1) is 12.0 Å². The zero-order valence-electron chi connectivity index (χ0n) is 8.75. The van der Waals surface area contributed by atoms with Gasteiger partial charge in [0, 0.05) is 17.0 Å². The molecule has 0 N–H and O–H groups in total. The number of carbonyl (C=O) groups excluding carboxylic acids is 1. The maximum Gasteiger partial charge on any atom is 0.164 e. The summed E-state index contributed by atoms with van der Waals surface area (Å²) in [5, 5.41) is 9.19. The standard InChI is InChI=1S/C12H12ClNO/c1-8(7-14)5-12(15)10-4-3-9(2)11(13)6-10/h3-4,6,8H,5H2,1-2H3. The van der Waals surface area contributed by atoms with Crippen molar-refractivity contribution >= 4 is 17.4 Å². The first-order valence-corrected chi connectivity index (χ1v) is 5.11. The molecule has 1 atom stereocenters. The predicted octanol–water partition coefficient (Wildman–Crippen LogP) is 3.38. The second-order valence-corrected chi connectivity index (χ2v) is 4.03. The number of carbonyl (C=O) groups is 1. The number of nitrogens with zero attached hydrogens (tertiary/aromatic N) is 1. The van der Waals surface area contributed by atoms with E-state index in [4.69, 9.17) is 16.9 Å². The molecule has 15 heavy (non-hydrogen) atoms. The van der Waals surface area contributed by atoms with E-state index in [0.29, 0.717) is 10.6 Å². The van der Waals surface area contributed by atoms with Crippen molar-refractivity contribution in [1.29, 1.82) is 5.26 Å². The maximum atomic E-state index is 11.7. The third-order valence-electron chi connectivity index (χ3n) is 2.21. The Hall–Kier alpha value is -1.33. The zero-order chi connectivity index (χ0) is 11.4. The Morgan fingerprint density at radius 3 is 2.80 bits per heavy atom. The summed E-state index contributed by atoms with van der Waals surface area (Å²) in [6.45, 7) is 3.61. The molecule has 0 spiro atoms. The molecule has 0 fully saturated rings. The van der Waals surface area contributed by atoms with Gasteiger partial charge in [-0.2, -0.15) is 5.26 Å². The average Bonchev–Trinajstić information content (AvgIpc) is 2.21. The zero-order valence-corrected chi connectivity index (χ0v) is 9.51. The summed E-state index contributed by atoms with van der Waals surface area (Å²) < 4.78 is 0. The number of nitriles is 1. The lowest BCUT2D eigenvalue weighted by atomic mass is 10.0. The highest BCUT2D eigenvalue weighted by atomic mass is 35.5. The molecule has 0 aliphatic carbocycles. The molecule has 1 unspecified atom stereocenters. The van der Waals surface area contributed by atoms with Crippen molar-refractivity contribution in [3.05, 3.63) is 34.3 Å². The van der Waals surface area contributed by atoms with Crippen LogP contribution in [0.2, 0.25) is 5.02 Å². The average molecular weight is 222 g/mol. The number of hydrogen-bond donors (Lipinski definition) is 0. The number of halogens is 1. The van der Waals surface area contributed by atoms with Gasteiger partial charge >= 0.3 is 0 Å². The van der Waals surface area contributed by atoms with Gasteiger partial charge < -0.3 is 0 Å². The fraction of sp³-hybridized carbons (Fsp3) is 0.333. The minimum atomic E-state index is -0.252. The normalized spacial score (nSPS) is 11.9.